The molecule has 110 valence electrons. The maximum Gasteiger partial charge on any atom is 0.243 e. The Morgan fingerprint density at radius 2 is 1.90 bits per heavy atom. The van der Waals surface area contributed by atoms with Gasteiger partial charge in [0.15, 0.2) is 0 Å². The van der Waals surface area contributed by atoms with Crippen molar-refractivity contribution in [3.63, 3.8) is 0 Å². The van der Waals surface area contributed by atoms with Crippen LogP contribution >= 0.6 is 0 Å². The predicted molar refractivity (Wildman–Crippen MR) is 70.3 cm³/mol. The van der Waals surface area contributed by atoms with Crippen molar-refractivity contribution in [3.8, 4) is 0 Å². The van der Waals surface area contributed by atoms with E-state index < -0.39 is 26.6 Å². The summed E-state index contributed by atoms with van der Waals surface area (Å²) in [7, 11) is -4.00. The van der Waals surface area contributed by atoms with Gasteiger partial charge in [0, 0.05) is 12.6 Å². The molecular weight excluding hydrogens is 286 g/mol. The highest BCUT2D eigenvalue weighted by Crippen LogP contribution is 2.60. The third kappa shape index (κ3) is 2.40. The van der Waals surface area contributed by atoms with Crippen molar-refractivity contribution >= 4 is 15.7 Å². The van der Waals surface area contributed by atoms with Gasteiger partial charge in [0.25, 0.3) is 0 Å². The molecule has 0 bridgehead atoms. The Morgan fingerprint density at radius 3 is 2.45 bits per heavy atom. The molecule has 3 rings (SSSR count). The van der Waals surface area contributed by atoms with Crippen LogP contribution < -0.4 is 10.5 Å². The fourth-order valence-corrected chi connectivity index (χ4v) is 3.88. The van der Waals surface area contributed by atoms with Crippen molar-refractivity contribution in [3.05, 3.63) is 23.8 Å². The molecule has 0 unspecified atom stereocenters. The van der Waals surface area contributed by atoms with E-state index in [2.05, 4.69) is 4.72 Å². The van der Waals surface area contributed by atoms with Gasteiger partial charge in [-0.1, -0.05) is 0 Å². The lowest BCUT2D eigenvalue weighted by Crippen LogP contribution is -2.32. The quantitative estimate of drug-likeness (QED) is 0.817. The van der Waals surface area contributed by atoms with E-state index >= 15 is 0 Å². The zero-order chi connectivity index (χ0) is 14.5. The molecule has 2 fully saturated rings. The molecule has 0 saturated heterocycles. The van der Waals surface area contributed by atoms with Crippen LogP contribution in [0.2, 0.25) is 0 Å². The number of nitrogens with two attached hydrogens (primary N) is 1. The topological polar surface area (TPSA) is 72.2 Å². The highest BCUT2D eigenvalue weighted by molar-refractivity contribution is 7.89. The van der Waals surface area contributed by atoms with Gasteiger partial charge in [-0.2, -0.15) is 0 Å². The summed E-state index contributed by atoms with van der Waals surface area (Å²) in [5, 5.41) is 0. The van der Waals surface area contributed by atoms with Crippen LogP contribution in [0.5, 0.6) is 0 Å². The molecule has 0 aliphatic heterocycles. The van der Waals surface area contributed by atoms with Crippen LogP contribution in [0.15, 0.2) is 17.0 Å². The minimum Gasteiger partial charge on any atom is -0.396 e. The summed E-state index contributed by atoms with van der Waals surface area (Å²) in [6.45, 7) is 0.316. The number of nitrogen functional groups attached to an aromatic ring is 1. The summed E-state index contributed by atoms with van der Waals surface area (Å²) in [6, 6.07) is 1.32. The number of rotatable bonds is 5. The second-order valence-electron chi connectivity index (χ2n) is 5.77. The van der Waals surface area contributed by atoms with Gasteiger partial charge < -0.3 is 5.73 Å². The third-order valence-corrected chi connectivity index (χ3v) is 5.71. The molecule has 3 N–H and O–H groups in total. The molecule has 7 heteroatoms. The molecule has 2 saturated carbocycles. The molecule has 2 aliphatic carbocycles. The van der Waals surface area contributed by atoms with Gasteiger partial charge >= 0.3 is 0 Å². The maximum absolute atomic E-state index is 13.6. The van der Waals surface area contributed by atoms with Gasteiger partial charge in [-0.05, 0) is 43.1 Å². The van der Waals surface area contributed by atoms with Gasteiger partial charge in [0.2, 0.25) is 10.0 Å². The van der Waals surface area contributed by atoms with E-state index in [1.165, 1.54) is 0 Å². The first-order chi connectivity index (χ1) is 9.34. The number of hydrogen-bond donors (Lipinski definition) is 2. The van der Waals surface area contributed by atoms with Gasteiger partial charge in [-0.15, -0.1) is 0 Å². The first-order valence-electron chi connectivity index (χ1n) is 6.58. The maximum atomic E-state index is 13.6. The average Bonchev–Trinajstić information content (AvgIpc) is 3.24. The molecule has 1 aromatic rings. The Labute approximate surface area is 116 Å². The summed E-state index contributed by atoms with van der Waals surface area (Å²) in [5.41, 5.74) is 4.99. The first kappa shape index (κ1) is 13.8. The highest BCUT2D eigenvalue weighted by atomic mass is 32.2. The van der Waals surface area contributed by atoms with Crippen molar-refractivity contribution in [2.75, 3.05) is 12.3 Å². The van der Waals surface area contributed by atoms with Crippen molar-refractivity contribution in [2.45, 2.75) is 30.6 Å². The van der Waals surface area contributed by atoms with Crippen molar-refractivity contribution in [2.24, 2.45) is 11.3 Å². The summed E-state index contributed by atoms with van der Waals surface area (Å²) < 4.78 is 53.3. The van der Waals surface area contributed by atoms with Crippen LogP contribution in [0, 0.1) is 23.0 Å². The van der Waals surface area contributed by atoms with Crippen molar-refractivity contribution < 1.29 is 17.2 Å². The van der Waals surface area contributed by atoms with Crippen molar-refractivity contribution in [1.29, 1.82) is 0 Å². The Morgan fingerprint density at radius 1 is 1.25 bits per heavy atom. The summed E-state index contributed by atoms with van der Waals surface area (Å²) in [5.74, 6) is -1.49. The summed E-state index contributed by atoms with van der Waals surface area (Å²) in [6.07, 6.45) is 4.29. The smallest absolute Gasteiger partial charge is 0.243 e. The molecule has 4 nitrogen and oxygen atoms in total. The molecule has 0 radical (unpaired) electrons. The highest BCUT2D eigenvalue weighted by Gasteiger charge is 2.53. The minimum atomic E-state index is -4.00. The van der Waals surface area contributed by atoms with Crippen LogP contribution in [0.1, 0.15) is 25.7 Å². The zero-order valence-corrected chi connectivity index (χ0v) is 11.6. The Balaban J connectivity index is 1.79. The first-order valence-corrected chi connectivity index (χ1v) is 8.07. The standard InChI is InChI=1S/C13H16F2N2O2S/c14-9-5-10(15)12(6-11(9)16)20(18,19)17-7-13(3-4-13)8-1-2-8/h5-6,8,17H,1-4,7,16H2. The lowest BCUT2D eigenvalue weighted by atomic mass is 10.0. The largest absolute Gasteiger partial charge is 0.396 e. The number of halogens is 2. The number of sulfonamides is 1. The second-order valence-corrected chi connectivity index (χ2v) is 7.50. The molecule has 0 spiro atoms. The van der Waals surface area contributed by atoms with E-state index in [1.54, 1.807) is 0 Å². The van der Waals surface area contributed by atoms with Gasteiger partial charge in [0.1, 0.15) is 16.5 Å². The Hall–Kier alpha value is -1.21. The molecule has 0 aromatic heterocycles. The molecule has 1 aromatic carbocycles. The van der Waals surface area contributed by atoms with E-state index in [9.17, 15) is 17.2 Å². The number of anilines is 1. The van der Waals surface area contributed by atoms with Gasteiger partial charge in [-0.3, -0.25) is 0 Å². The normalized spacial score (nSPS) is 20.9. The summed E-state index contributed by atoms with van der Waals surface area (Å²) in [4.78, 5) is -0.594. The number of hydrogen-bond acceptors (Lipinski definition) is 3. The average molecular weight is 302 g/mol. The summed E-state index contributed by atoms with van der Waals surface area (Å²) >= 11 is 0. The molecule has 0 atom stereocenters. The lowest BCUT2D eigenvalue weighted by Gasteiger charge is -2.15. The minimum absolute atomic E-state index is 0.0646. The monoisotopic (exact) mass is 302 g/mol. The van der Waals surface area contributed by atoms with E-state index in [0.717, 1.165) is 31.7 Å². The van der Waals surface area contributed by atoms with Crippen LogP contribution in [0.25, 0.3) is 0 Å². The SMILES string of the molecule is Nc1cc(S(=O)(=O)NCC2(C3CC3)CC2)c(F)cc1F. The Bertz CT molecular complexity index is 653. The van der Waals surface area contributed by atoms with E-state index in [4.69, 9.17) is 5.73 Å². The van der Waals surface area contributed by atoms with Crippen LogP contribution in [-0.2, 0) is 10.0 Å². The van der Waals surface area contributed by atoms with Crippen LogP contribution in [-0.4, -0.2) is 15.0 Å². The molecule has 0 amide bonds. The fraction of sp³-hybridized carbons (Fsp3) is 0.538. The number of nitrogens with one attached hydrogen (secondary N) is 1. The van der Waals surface area contributed by atoms with Crippen molar-refractivity contribution in [1.82, 2.24) is 4.72 Å². The van der Waals surface area contributed by atoms with E-state index in [0.29, 0.717) is 18.5 Å². The number of benzene rings is 1. The Kier molecular flexibility index (Phi) is 3.02. The molecule has 0 heterocycles. The van der Waals surface area contributed by atoms with E-state index in [1.807, 2.05) is 0 Å². The third-order valence-electron chi connectivity index (χ3n) is 4.29. The lowest BCUT2D eigenvalue weighted by molar-refractivity contribution is 0.431. The molecule has 2 aliphatic rings. The van der Waals surface area contributed by atoms with E-state index in [-0.39, 0.29) is 11.1 Å². The van der Waals surface area contributed by atoms with Gasteiger partial charge in [-0.25, -0.2) is 21.9 Å². The van der Waals surface area contributed by atoms with Crippen LogP contribution in [0.4, 0.5) is 14.5 Å². The van der Waals surface area contributed by atoms with Crippen LogP contribution in [0.3, 0.4) is 0 Å². The molecular formula is C13H16F2N2O2S. The predicted octanol–water partition coefficient (Wildman–Crippen LogP) is 2.02. The molecule has 20 heavy (non-hydrogen) atoms. The van der Waals surface area contributed by atoms with Gasteiger partial charge in [0.05, 0.1) is 5.69 Å². The second kappa shape index (κ2) is 4.39. The zero-order valence-electron chi connectivity index (χ0n) is 10.8. The fourth-order valence-electron chi connectivity index (χ4n) is 2.65.